The van der Waals surface area contributed by atoms with Gasteiger partial charge in [0.1, 0.15) is 23.2 Å². The Bertz CT molecular complexity index is 1850. The minimum absolute atomic E-state index is 0.00109. The molecule has 2 aromatic heterocycles. The molecular formula is C30H36F3N7O5S. The Morgan fingerprint density at radius 3 is 2.54 bits per heavy atom. The zero-order valence-electron chi connectivity index (χ0n) is 25.7. The standard InChI is InChI=1S/C30H36F3N7O5S/c1-30(2,3)45-29(42)38-10-9-20(16-38)40-26-18(14-35-28(36-26)34-13-17-4-5-17)12-21(27(40)41)24-22(32)6-7-23(25(24)33)37-46(43,44)39-11-8-19(31)15-39/h6-7,12,14,17,19-20,37H,4-5,8-11,13,15-16H2,1-3H3,(H,34,35,36)/t19-,20-/m1/s1. The number of amides is 1. The van der Waals surface area contributed by atoms with Crippen LogP contribution in [-0.2, 0) is 14.9 Å². The Hall–Kier alpha value is -3.92. The summed E-state index contributed by atoms with van der Waals surface area (Å²) in [6.45, 7) is 5.75. The van der Waals surface area contributed by atoms with Crippen molar-refractivity contribution in [2.75, 3.05) is 42.8 Å². The van der Waals surface area contributed by atoms with Crippen LogP contribution in [0.15, 0.2) is 29.2 Å². The Kier molecular flexibility index (Phi) is 8.38. The van der Waals surface area contributed by atoms with E-state index in [4.69, 9.17) is 4.74 Å². The highest BCUT2D eigenvalue weighted by atomic mass is 32.2. The summed E-state index contributed by atoms with van der Waals surface area (Å²) in [6.07, 6.45) is 2.06. The van der Waals surface area contributed by atoms with Crippen molar-refractivity contribution >= 4 is 39.0 Å². The lowest BCUT2D eigenvalue weighted by Crippen LogP contribution is -2.36. The lowest BCUT2D eigenvalue weighted by atomic mass is 10.0. The van der Waals surface area contributed by atoms with Gasteiger partial charge in [-0.2, -0.15) is 17.7 Å². The normalized spacial score (nSPS) is 20.8. The summed E-state index contributed by atoms with van der Waals surface area (Å²) in [5.74, 6) is -1.61. The van der Waals surface area contributed by atoms with Gasteiger partial charge in [0.25, 0.3) is 5.56 Å². The molecule has 0 unspecified atom stereocenters. The molecular weight excluding hydrogens is 627 g/mol. The highest BCUT2D eigenvalue weighted by molar-refractivity contribution is 7.90. The highest BCUT2D eigenvalue weighted by Crippen LogP contribution is 2.34. The second-order valence-corrected chi connectivity index (χ2v) is 14.7. The smallest absolute Gasteiger partial charge is 0.410 e. The number of ether oxygens (including phenoxy) is 1. The summed E-state index contributed by atoms with van der Waals surface area (Å²) in [7, 11) is -4.36. The minimum Gasteiger partial charge on any atom is -0.444 e. The fraction of sp³-hybridized carbons (Fsp3) is 0.533. The topological polar surface area (TPSA) is 139 Å². The minimum atomic E-state index is -4.36. The fourth-order valence-electron chi connectivity index (χ4n) is 5.71. The van der Waals surface area contributed by atoms with Gasteiger partial charge < -0.3 is 15.0 Å². The number of pyridine rings is 1. The Morgan fingerprint density at radius 2 is 1.87 bits per heavy atom. The van der Waals surface area contributed by atoms with Crippen LogP contribution in [0.1, 0.15) is 52.5 Å². The Balaban J connectivity index is 1.42. The Labute approximate surface area is 264 Å². The van der Waals surface area contributed by atoms with Crippen LogP contribution in [0.4, 0.5) is 29.6 Å². The third-order valence-corrected chi connectivity index (χ3v) is 9.72. The summed E-state index contributed by atoms with van der Waals surface area (Å²) in [5.41, 5.74) is -3.04. The SMILES string of the molecule is CC(C)(C)OC(=O)N1CC[C@@H](n2c(=O)c(-c3c(F)ccc(NS(=O)(=O)N4CC[C@@H](F)C4)c3F)cc3cnc(NCC4CC4)nc32)C1. The molecule has 4 heterocycles. The average Bonchev–Trinajstić information content (AvgIpc) is 3.48. The maximum Gasteiger partial charge on any atom is 0.410 e. The van der Waals surface area contributed by atoms with Crippen molar-refractivity contribution in [2.45, 2.75) is 64.3 Å². The van der Waals surface area contributed by atoms with E-state index in [1.54, 1.807) is 20.8 Å². The molecule has 0 radical (unpaired) electrons. The number of likely N-dealkylation sites (tertiary alicyclic amines) is 1. The van der Waals surface area contributed by atoms with Crippen LogP contribution in [0, 0.1) is 17.6 Å². The number of halogens is 3. The molecule has 1 aliphatic carbocycles. The summed E-state index contributed by atoms with van der Waals surface area (Å²) in [6, 6.07) is 2.41. The van der Waals surface area contributed by atoms with Crippen molar-refractivity contribution in [3.05, 3.63) is 46.4 Å². The molecule has 1 aromatic carbocycles. The molecule has 2 aliphatic heterocycles. The van der Waals surface area contributed by atoms with Gasteiger partial charge in [-0.05, 0) is 70.6 Å². The highest BCUT2D eigenvalue weighted by Gasteiger charge is 2.35. The number of carbonyl (C=O) groups excluding carboxylic acids is 1. The monoisotopic (exact) mass is 663 g/mol. The second kappa shape index (κ2) is 12.0. The molecule has 2 saturated heterocycles. The molecule has 12 nitrogen and oxygen atoms in total. The van der Waals surface area contributed by atoms with E-state index in [9.17, 15) is 22.4 Å². The second-order valence-electron chi connectivity index (χ2n) is 13.0. The van der Waals surface area contributed by atoms with Crippen molar-refractivity contribution < 1.29 is 31.1 Å². The van der Waals surface area contributed by atoms with E-state index in [1.807, 2.05) is 0 Å². The quantitative estimate of drug-likeness (QED) is 0.361. The molecule has 248 valence electrons. The summed E-state index contributed by atoms with van der Waals surface area (Å²) in [4.78, 5) is 37.5. The lowest BCUT2D eigenvalue weighted by Gasteiger charge is -2.25. The van der Waals surface area contributed by atoms with Gasteiger partial charge in [-0.15, -0.1) is 0 Å². The van der Waals surface area contributed by atoms with Crippen molar-refractivity contribution in [2.24, 2.45) is 5.92 Å². The maximum absolute atomic E-state index is 16.1. The zero-order chi connectivity index (χ0) is 33.0. The van der Waals surface area contributed by atoms with E-state index in [-0.39, 0.29) is 49.8 Å². The predicted octanol–water partition coefficient (Wildman–Crippen LogP) is 4.44. The first-order chi connectivity index (χ1) is 21.7. The van der Waals surface area contributed by atoms with Crippen molar-refractivity contribution in [1.29, 1.82) is 0 Å². The molecule has 16 heteroatoms. The molecule has 2 atom stereocenters. The summed E-state index contributed by atoms with van der Waals surface area (Å²) in [5, 5.41) is 3.48. The van der Waals surface area contributed by atoms with Gasteiger partial charge in [0.05, 0.1) is 22.9 Å². The molecule has 3 aliphatic rings. The summed E-state index contributed by atoms with van der Waals surface area (Å²) >= 11 is 0. The van der Waals surface area contributed by atoms with Crippen LogP contribution >= 0.6 is 0 Å². The Morgan fingerprint density at radius 1 is 1.11 bits per heavy atom. The van der Waals surface area contributed by atoms with Gasteiger partial charge in [0.2, 0.25) is 5.95 Å². The van der Waals surface area contributed by atoms with Gasteiger partial charge in [-0.1, -0.05) is 0 Å². The van der Waals surface area contributed by atoms with Crippen molar-refractivity contribution in [3.63, 3.8) is 0 Å². The molecule has 6 rings (SSSR count). The van der Waals surface area contributed by atoms with Crippen molar-refractivity contribution in [1.82, 2.24) is 23.7 Å². The third-order valence-electron chi connectivity index (χ3n) is 8.23. The first kappa shape index (κ1) is 32.0. The van der Waals surface area contributed by atoms with Gasteiger partial charge in [-0.25, -0.2) is 22.9 Å². The molecule has 3 aromatic rings. The number of benzene rings is 1. The molecule has 1 saturated carbocycles. The van der Waals surface area contributed by atoms with E-state index in [0.717, 1.165) is 29.3 Å². The van der Waals surface area contributed by atoms with Crippen LogP contribution in [0.3, 0.4) is 0 Å². The van der Waals surface area contributed by atoms with Crippen LogP contribution in [0.25, 0.3) is 22.2 Å². The van der Waals surface area contributed by atoms with E-state index >= 15 is 8.78 Å². The first-order valence-electron chi connectivity index (χ1n) is 15.2. The fourth-order valence-corrected chi connectivity index (χ4v) is 6.98. The number of anilines is 2. The molecule has 46 heavy (non-hydrogen) atoms. The van der Waals surface area contributed by atoms with E-state index in [1.165, 1.54) is 21.7 Å². The number of carbonyl (C=O) groups is 1. The van der Waals surface area contributed by atoms with Gasteiger partial charge in [-0.3, -0.25) is 14.1 Å². The van der Waals surface area contributed by atoms with Gasteiger partial charge >= 0.3 is 16.3 Å². The van der Waals surface area contributed by atoms with Gasteiger partial charge in [0.15, 0.2) is 5.82 Å². The zero-order valence-corrected chi connectivity index (χ0v) is 26.5. The number of alkyl halides is 1. The number of nitrogens with one attached hydrogen (secondary N) is 2. The van der Waals surface area contributed by atoms with E-state index in [0.29, 0.717) is 24.3 Å². The molecule has 1 amide bonds. The van der Waals surface area contributed by atoms with Crippen LogP contribution in [0.2, 0.25) is 0 Å². The lowest BCUT2D eigenvalue weighted by molar-refractivity contribution is 0.0289. The first-order valence-corrected chi connectivity index (χ1v) is 16.7. The summed E-state index contributed by atoms with van der Waals surface area (Å²) < 4.78 is 80.7. The number of nitrogens with zero attached hydrogens (tertiary/aromatic N) is 5. The van der Waals surface area contributed by atoms with E-state index in [2.05, 4.69) is 20.0 Å². The van der Waals surface area contributed by atoms with Crippen LogP contribution in [0.5, 0.6) is 0 Å². The average molecular weight is 664 g/mol. The van der Waals surface area contributed by atoms with E-state index < -0.39 is 62.6 Å². The number of rotatable bonds is 8. The number of fused-ring (bicyclic) bond motifs is 1. The number of hydrogen-bond donors (Lipinski definition) is 2. The maximum atomic E-state index is 16.1. The molecule has 3 fully saturated rings. The largest absolute Gasteiger partial charge is 0.444 e. The van der Waals surface area contributed by atoms with Crippen LogP contribution in [-0.4, -0.2) is 82.7 Å². The molecule has 0 bridgehead atoms. The third kappa shape index (κ3) is 6.63. The number of hydrogen-bond acceptors (Lipinski definition) is 8. The molecule has 0 spiro atoms. The number of aromatic nitrogens is 3. The molecule has 2 N–H and O–H groups in total. The van der Waals surface area contributed by atoms with Crippen molar-refractivity contribution in [3.8, 4) is 11.1 Å². The van der Waals surface area contributed by atoms with Gasteiger partial charge in [0, 0.05) is 44.3 Å². The predicted molar refractivity (Wildman–Crippen MR) is 165 cm³/mol. The van der Waals surface area contributed by atoms with Crippen LogP contribution < -0.4 is 15.6 Å².